The summed E-state index contributed by atoms with van der Waals surface area (Å²) in [5.74, 6) is -1.05. The Morgan fingerprint density at radius 2 is 1.93 bits per heavy atom. The fourth-order valence-corrected chi connectivity index (χ4v) is 1.41. The molecule has 1 heterocycles. The Balaban J connectivity index is 2.27. The minimum Gasteiger partial charge on any atom is -0.550 e. The lowest BCUT2D eigenvalue weighted by Crippen LogP contribution is -2.52. The predicted molar refractivity (Wildman–Crippen MR) is 50.9 cm³/mol. The topological polar surface area (TPSA) is 69.7 Å². The number of nitrogens with zero attached hydrogens (tertiary/aromatic N) is 1. The van der Waals surface area contributed by atoms with Crippen LogP contribution in [0, 0.1) is 5.92 Å². The highest BCUT2D eigenvalue weighted by Gasteiger charge is 2.33. The number of amides is 1. The van der Waals surface area contributed by atoms with Crippen LogP contribution in [0.4, 0.5) is 4.79 Å². The molecule has 1 fully saturated rings. The van der Waals surface area contributed by atoms with E-state index in [1.807, 2.05) is 0 Å². The number of hydrogen-bond donors (Lipinski definition) is 0. The summed E-state index contributed by atoms with van der Waals surface area (Å²) in [7, 11) is 0. The summed E-state index contributed by atoms with van der Waals surface area (Å²) >= 11 is 0. The molecule has 0 aromatic heterocycles. The molecular weight excluding hydrogens is 198 g/mol. The minimum atomic E-state index is -1.07. The van der Waals surface area contributed by atoms with E-state index in [-0.39, 0.29) is 18.4 Å². The third kappa shape index (κ3) is 3.77. The molecule has 5 nitrogen and oxygen atoms in total. The first-order valence-corrected chi connectivity index (χ1v) is 4.95. The smallest absolute Gasteiger partial charge is 0.410 e. The van der Waals surface area contributed by atoms with Crippen molar-refractivity contribution < 1.29 is 19.4 Å². The van der Waals surface area contributed by atoms with Crippen molar-refractivity contribution in [2.45, 2.75) is 32.8 Å². The summed E-state index contributed by atoms with van der Waals surface area (Å²) in [6.07, 6.45) is -0.364. The van der Waals surface area contributed by atoms with Crippen molar-refractivity contribution in [3.8, 4) is 0 Å². The highest BCUT2D eigenvalue weighted by molar-refractivity contribution is 5.70. The van der Waals surface area contributed by atoms with Crippen molar-refractivity contribution in [1.82, 2.24) is 4.90 Å². The Kier molecular flexibility index (Phi) is 3.21. The molecule has 0 unspecified atom stereocenters. The molecule has 5 heteroatoms. The van der Waals surface area contributed by atoms with Crippen molar-refractivity contribution in [2.24, 2.45) is 5.92 Å². The quantitative estimate of drug-likeness (QED) is 0.648. The zero-order valence-electron chi connectivity index (χ0n) is 9.28. The number of likely N-dealkylation sites (tertiary alicyclic amines) is 1. The van der Waals surface area contributed by atoms with E-state index in [1.165, 1.54) is 4.90 Å². The van der Waals surface area contributed by atoms with E-state index < -0.39 is 11.6 Å². The van der Waals surface area contributed by atoms with Gasteiger partial charge in [-0.3, -0.25) is 0 Å². The van der Waals surface area contributed by atoms with Crippen molar-refractivity contribution >= 4 is 12.1 Å². The van der Waals surface area contributed by atoms with Gasteiger partial charge in [0, 0.05) is 19.1 Å². The maximum absolute atomic E-state index is 11.4. The van der Waals surface area contributed by atoms with Crippen molar-refractivity contribution in [3.05, 3.63) is 0 Å². The molecule has 0 radical (unpaired) electrons. The van der Waals surface area contributed by atoms with Gasteiger partial charge < -0.3 is 19.5 Å². The maximum Gasteiger partial charge on any atom is 0.410 e. The molecule has 0 saturated carbocycles. The third-order valence-electron chi connectivity index (χ3n) is 2.06. The number of ether oxygens (including phenoxy) is 1. The van der Waals surface area contributed by atoms with Gasteiger partial charge in [0.2, 0.25) is 0 Å². The molecule has 0 aromatic carbocycles. The number of carbonyl (C=O) groups excluding carboxylic acids is 2. The first kappa shape index (κ1) is 11.8. The molecule has 0 atom stereocenters. The van der Waals surface area contributed by atoms with Gasteiger partial charge in [-0.1, -0.05) is 0 Å². The van der Waals surface area contributed by atoms with E-state index >= 15 is 0 Å². The Labute approximate surface area is 89.0 Å². The number of rotatable bonds is 2. The zero-order chi connectivity index (χ0) is 11.6. The molecule has 0 spiro atoms. The van der Waals surface area contributed by atoms with Crippen molar-refractivity contribution in [2.75, 3.05) is 13.1 Å². The summed E-state index contributed by atoms with van der Waals surface area (Å²) in [5, 5.41) is 10.3. The average molecular weight is 214 g/mol. The first-order valence-electron chi connectivity index (χ1n) is 4.95. The van der Waals surface area contributed by atoms with Crippen LogP contribution in [0.5, 0.6) is 0 Å². The normalized spacial score (nSPS) is 17.1. The minimum absolute atomic E-state index is 0.0132. The Morgan fingerprint density at radius 3 is 2.33 bits per heavy atom. The lowest BCUT2D eigenvalue weighted by atomic mass is 9.97. The predicted octanol–water partition coefficient (Wildman–Crippen LogP) is -0.00670. The maximum atomic E-state index is 11.4. The molecule has 15 heavy (non-hydrogen) atoms. The lowest BCUT2D eigenvalue weighted by molar-refractivity contribution is -0.307. The first-order chi connectivity index (χ1) is 6.78. The van der Waals surface area contributed by atoms with Crippen molar-refractivity contribution in [1.29, 1.82) is 0 Å². The highest BCUT2D eigenvalue weighted by atomic mass is 16.6. The van der Waals surface area contributed by atoms with E-state index in [2.05, 4.69) is 0 Å². The molecule has 86 valence electrons. The molecule has 1 rings (SSSR count). The lowest BCUT2D eigenvalue weighted by Gasteiger charge is -2.39. The third-order valence-corrected chi connectivity index (χ3v) is 2.06. The molecule has 1 aliphatic heterocycles. The summed E-state index contributed by atoms with van der Waals surface area (Å²) in [4.78, 5) is 23.2. The number of hydrogen-bond acceptors (Lipinski definition) is 4. The van der Waals surface area contributed by atoms with Gasteiger partial charge in [-0.15, -0.1) is 0 Å². The zero-order valence-corrected chi connectivity index (χ0v) is 9.28. The van der Waals surface area contributed by atoms with Crippen LogP contribution in [-0.2, 0) is 9.53 Å². The molecule has 0 bridgehead atoms. The second-order valence-electron chi connectivity index (χ2n) is 4.83. The number of carboxylic acid groups (broad SMARTS) is 1. The van der Waals surface area contributed by atoms with E-state index in [9.17, 15) is 14.7 Å². The van der Waals surface area contributed by atoms with E-state index in [1.54, 1.807) is 20.8 Å². The summed E-state index contributed by atoms with van der Waals surface area (Å²) in [6.45, 7) is 6.28. The van der Waals surface area contributed by atoms with Crippen LogP contribution >= 0.6 is 0 Å². The Morgan fingerprint density at radius 1 is 1.40 bits per heavy atom. The summed E-state index contributed by atoms with van der Waals surface area (Å²) in [6, 6.07) is 0. The van der Waals surface area contributed by atoms with Crippen molar-refractivity contribution in [3.63, 3.8) is 0 Å². The Bertz CT molecular complexity index is 263. The standard InChI is InChI=1S/C10H17NO4/c1-10(2,3)15-9(14)11-5-7(6-11)4-8(12)13/h7H,4-6H2,1-3H3,(H,12,13)/p-1. The molecule has 0 N–H and O–H groups in total. The van der Waals surface area contributed by atoms with Gasteiger partial charge in [0.05, 0.1) is 0 Å². The SMILES string of the molecule is CC(C)(C)OC(=O)N1CC(CC(=O)[O-])C1. The number of carboxylic acids is 1. The molecule has 0 aromatic rings. The van der Waals surface area contributed by atoms with Crippen LogP contribution in [0.1, 0.15) is 27.2 Å². The fourth-order valence-electron chi connectivity index (χ4n) is 1.41. The Hall–Kier alpha value is -1.26. The van der Waals surface area contributed by atoms with Crippen LogP contribution in [0.15, 0.2) is 0 Å². The molecular formula is C10H16NO4-. The second-order valence-corrected chi connectivity index (χ2v) is 4.83. The fraction of sp³-hybridized carbons (Fsp3) is 0.800. The number of carbonyl (C=O) groups is 2. The van der Waals surface area contributed by atoms with Gasteiger partial charge in [-0.05, 0) is 33.1 Å². The van der Waals surface area contributed by atoms with Crippen LogP contribution in [0.3, 0.4) is 0 Å². The molecule has 1 saturated heterocycles. The van der Waals surface area contributed by atoms with Gasteiger partial charge >= 0.3 is 6.09 Å². The van der Waals surface area contributed by atoms with E-state index in [0.717, 1.165) is 0 Å². The highest BCUT2D eigenvalue weighted by Crippen LogP contribution is 2.21. The van der Waals surface area contributed by atoms with Crippen LogP contribution < -0.4 is 5.11 Å². The van der Waals surface area contributed by atoms with Gasteiger partial charge in [0.15, 0.2) is 0 Å². The molecule has 0 aliphatic carbocycles. The monoisotopic (exact) mass is 214 g/mol. The number of aliphatic carboxylic acids is 1. The van der Waals surface area contributed by atoms with Gasteiger partial charge in [-0.2, -0.15) is 0 Å². The van der Waals surface area contributed by atoms with Crippen LogP contribution in [0.25, 0.3) is 0 Å². The van der Waals surface area contributed by atoms with Crippen LogP contribution in [-0.4, -0.2) is 35.7 Å². The van der Waals surface area contributed by atoms with Gasteiger partial charge in [0.25, 0.3) is 0 Å². The second kappa shape index (κ2) is 4.08. The average Bonchev–Trinajstić information content (AvgIpc) is 1.91. The van der Waals surface area contributed by atoms with Crippen LogP contribution in [0.2, 0.25) is 0 Å². The largest absolute Gasteiger partial charge is 0.550 e. The summed E-state index contributed by atoms with van der Waals surface area (Å²) in [5.41, 5.74) is -0.503. The molecule has 1 amide bonds. The van der Waals surface area contributed by atoms with E-state index in [0.29, 0.717) is 13.1 Å². The molecule has 1 aliphatic rings. The summed E-state index contributed by atoms with van der Waals surface area (Å²) < 4.78 is 5.12. The van der Waals surface area contributed by atoms with Gasteiger partial charge in [-0.25, -0.2) is 4.79 Å². The van der Waals surface area contributed by atoms with E-state index in [4.69, 9.17) is 4.74 Å². The van der Waals surface area contributed by atoms with Gasteiger partial charge in [0.1, 0.15) is 5.60 Å².